The second kappa shape index (κ2) is 11.7. The second-order valence-electron chi connectivity index (χ2n) is 8.67. The first-order valence-corrected chi connectivity index (χ1v) is 11.5. The van der Waals surface area contributed by atoms with Crippen molar-refractivity contribution in [2.75, 3.05) is 45.3 Å². The monoisotopic (exact) mass is 453 g/mol. The Morgan fingerprint density at radius 1 is 1.03 bits per heavy atom. The molecule has 1 aliphatic rings. The minimum absolute atomic E-state index is 0.0872. The number of nitrogens with zero attached hydrogens (tertiary/aromatic N) is 2. The molecule has 1 heterocycles. The van der Waals surface area contributed by atoms with Crippen LogP contribution in [-0.4, -0.2) is 63.2 Å². The number of methoxy groups -OCH3 is 2. The molecular formula is C26H35N3O4. The van der Waals surface area contributed by atoms with Crippen molar-refractivity contribution in [1.82, 2.24) is 10.2 Å². The van der Waals surface area contributed by atoms with Gasteiger partial charge in [-0.1, -0.05) is 12.1 Å². The third-order valence-electron chi connectivity index (χ3n) is 6.23. The smallest absolute Gasteiger partial charge is 0.258 e. The quantitative estimate of drug-likeness (QED) is 0.628. The van der Waals surface area contributed by atoms with Gasteiger partial charge >= 0.3 is 0 Å². The van der Waals surface area contributed by atoms with Crippen molar-refractivity contribution in [2.24, 2.45) is 5.92 Å². The molecule has 178 valence electrons. The first kappa shape index (κ1) is 24.6. The first-order valence-electron chi connectivity index (χ1n) is 11.5. The number of carbonyl (C=O) groups excluding carboxylic acids is 2. The SMILES string of the molecule is COc1ccc(C(=O)N(CC(=O)NCC2CCN(C(C)C)CC2)c2ccccc2OC)cc1. The summed E-state index contributed by atoms with van der Waals surface area (Å²) in [6.45, 7) is 7.09. The predicted octanol–water partition coefficient (Wildman–Crippen LogP) is 3.59. The van der Waals surface area contributed by atoms with Crippen LogP contribution in [0.4, 0.5) is 5.69 Å². The minimum Gasteiger partial charge on any atom is -0.497 e. The van der Waals surface area contributed by atoms with Crippen LogP contribution < -0.4 is 19.7 Å². The lowest BCUT2D eigenvalue weighted by molar-refractivity contribution is -0.120. The summed E-state index contributed by atoms with van der Waals surface area (Å²) in [6, 6.07) is 14.6. The van der Waals surface area contributed by atoms with Gasteiger partial charge in [0.15, 0.2) is 0 Å². The van der Waals surface area contributed by atoms with Crippen LogP contribution in [0.25, 0.3) is 0 Å². The molecule has 1 fully saturated rings. The number of amides is 2. The van der Waals surface area contributed by atoms with Crippen molar-refractivity contribution < 1.29 is 19.1 Å². The average molecular weight is 454 g/mol. The summed E-state index contributed by atoms with van der Waals surface area (Å²) < 4.78 is 10.7. The lowest BCUT2D eigenvalue weighted by Gasteiger charge is -2.34. The Balaban J connectivity index is 1.70. The van der Waals surface area contributed by atoms with Gasteiger partial charge in [-0.05, 0) is 82.1 Å². The van der Waals surface area contributed by atoms with Crippen LogP contribution in [0.5, 0.6) is 11.5 Å². The number of hydrogen-bond acceptors (Lipinski definition) is 5. The van der Waals surface area contributed by atoms with Crippen LogP contribution >= 0.6 is 0 Å². The minimum atomic E-state index is -0.275. The molecule has 0 radical (unpaired) electrons. The van der Waals surface area contributed by atoms with Crippen LogP contribution in [-0.2, 0) is 4.79 Å². The molecule has 0 aromatic heterocycles. The summed E-state index contributed by atoms with van der Waals surface area (Å²) in [5.74, 6) is 1.20. The highest BCUT2D eigenvalue weighted by atomic mass is 16.5. The van der Waals surface area contributed by atoms with E-state index in [0.29, 0.717) is 41.3 Å². The van der Waals surface area contributed by atoms with Gasteiger partial charge in [-0.2, -0.15) is 0 Å². The highest BCUT2D eigenvalue weighted by molar-refractivity contribution is 6.09. The fourth-order valence-electron chi connectivity index (χ4n) is 4.14. The normalized spacial score (nSPS) is 14.7. The van der Waals surface area contributed by atoms with E-state index in [1.165, 1.54) is 4.90 Å². The van der Waals surface area contributed by atoms with Gasteiger partial charge in [0.05, 0.1) is 19.9 Å². The summed E-state index contributed by atoms with van der Waals surface area (Å²) in [5.41, 5.74) is 1.02. The van der Waals surface area contributed by atoms with Crippen molar-refractivity contribution in [3.63, 3.8) is 0 Å². The van der Waals surface area contributed by atoms with Crippen molar-refractivity contribution in [3.05, 3.63) is 54.1 Å². The van der Waals surface area contributed by atoms with E-state index in [4.69, 9.17) is 9.47 Å². The number of rotatable bonds is 9. The topological polar surface area (TPSA) is 71.1 Å². The van der Waals surface area contributed by atoms with Gasteiger partial charge in [-0.25, -0.2) is 0 Å². The standard InChI is InChI=1S/C26H35N3O4/c1-19(2)28-15-13-20(14-16-28)17-27-25(30)18-29(23-7-5-6-8-24(23)33-4)26(31)21-9-11-22(32-3)12-10-21/h5-12,19-20H,13-18H2,1-4H3,(H,27,30). The Morgan fingerprint density at radius 3 is 2.30 bits per heavy atom. The van der Waals surface area contributed by atoms with E-state index in [0.717, 1.165) is 25.9 Å². The lowest BCUT2D eigenvalue weighted by Crippen LogP contribution is -2.44. The molecule has 2 aromatic carbocycles. The Hall–Kier alpha value is -3.06. The van der Waals surface area contributed by atoms with Crippen LogP contribution in [0.15, 0.2) is 48.5 Å². The molecule has 0 aliphatic carbocycles. The van der Waals surface area contributed by atoms with Gasteiger partial charge in [0.1, 0.15) is 18.0 Å². The number of likely N-dealkylation sites (tertiary alicyclic amines) is 1. The molecule has 7 heteroatoms. The molecule has 0 bridgehead atoms. The van der Waals surface area contributed by atoms with E-state index in [-0.39, 0.29) is 18.4 Å². The van der Waals surface area contributed by atoms with Gasteiger partial charge in [-0.3, -0.25) is 14.5 Å². The number of carbonyl (C=O) groups is 2. The average Bonchev–Trinajstić information content (AvgIpc) is 2.86. The Kier molecular flexibility index (Phi) is 8.72. The van der Waals surface area contributed by atoms with E-state index < -0.39 is 0 Å². The van der Waals surface area contributed by atoms with Crippen molar-refractivity contribution in [1.29, 1.82) is 0 Å². The van der Waals surface area contributed by atoms with E-state index in [1.807, 2.05) is 12.1 Å². The zero-order valence-electron chi connectivity index (χ0n) is 20.0. The highest BCUT2D eigenvalue weighted by Gasteiger charge is 2.25. The maximum absolute atomic E-state index is 13.4. The molecule has 1 N–H and O–H groups in total. The van der Waals surface area contributed by atoms with E-state index in [9.17, 15) is 9.59 Å². The molecule has 3 rings (SSSR count). The maximum atomic E-state index is 13.4. The van der Waals surface area contributed by atoms with Crippen molar-refractivity contribution in [3.8, 4) is 11.5 Å². The highest BCUT2D eigenvalue weighted by Crippen LogP contribution is 2.29. The number of para-hydroxylation sites is 2. The third kappa shape index (κ3) is 6.48. The van der Waals surface area contributed by atoms with E-state index in [1.54, 1.807) is 50.6 Å². The van der Waals surface area contributed by atoms with E-state index in [2.05, 4.69) is 24.1 Å². The lowest BCUT2D eigenvalue weighted by atomic mass is 9.96. The number of benzene rings is 2. The van der Waals surface area contributed by atoms with Gasteiger partial charge in [-0.15, -0.1) is 0 Å². The fraction of sp³-hybridized carbons (Fsp3) is 0.462. The van der Waals surface area contributed by atoms with Crippen LogP contribution in [0, 0.1) is 5.92 Å². The Bertz CT molecular complexity index is 921. The summed E-state index contributed by atoms with van der Waals surface area (Å²) >= 11 is 0. The van der Waals surface area contributed by atoms with Crippen molar-refractivity contribution in [2.45, 2.75) is 32.7 Å². The molecule has 0 unspecified atom stereocenters. The second-order valence-corrected chi connectivity index (χ2v) is 8.67. The van der Waals surface area contributed by atoms with Gasteiger partial charge < -0.3 is 19.7 Å². The summed E-state index contributed by atoms with van der Waals surface area (Å²) in [5, 5.41) is 3.05. The molecule has 33 heavy (non-hydrogen) atoms. The Labute approximate surface area is 196 Å². The number of hydrogen-bond donors (Lipinski definition) is 1. The molecule has 0 spiro atoms. The van der Waals surface area contributed by atoms with Gasteiger partial charge in [0.2, 0.25) is 5.91 Å². The zero-order chi connectivity index (χ0) is 23.8. The van der Waals surface area contributed by atoms with E-state index >= 15 is 0 Å². The van der Waals surface area contributed by atoms with Gasteiger partial charge in [0, 0.05) is 18.2 Å². The van der Waals surface area contributed by atoms with Crippen LogP contribution in [0.1, 0.15) is 37.0 Å². The molecule has 1 saturated heterocycles. The molecule has 0 atom stereocenters. The summed E-state index contributed by atoms with van der Waals surface area (Å²) in [6.07, 6.45) is 2.14. The molecular weight excluding hydrogens is 418 g/mol. The maximum Gasteiger partial charge on any atom is 0.258 e. The summed E-state index contributed by atoms with van der Waals surface area (Å²) in [4.78, 5) is 30.2. The molecule has 1 aliphatic heterocycles. The van der Waals surface area contributed by atoms with Gasteiger partial charge in [0.25, 0.3) is 5.91 Å². The fourth-order valence-corrected chi connectivity index (χ4v) is 4.14. The van der Waals surface area contributed by atoms with Crippen molar-refractivity contribution >= 4 is 17.5 Å². The number of anilines is 1. The predicted molar refractivity (Wildman–Crippen MR) is 130 cm³/mol. The molecule has 7 nitrogen and oxygen atoms in total. The first-order chi connectivity index (χ1) is 15.9. The molecule has 2 amide bonds. The zero-order valence-corrected chi connectivity index (χ0v) is 20.0. The number of piperidine rings is 1. The molecule has 2 aromatic rings. The largest absolute Gasteiger partial charge is 0.497 e. The summed E-state index contributed by atoms with van der Waals surface area (Å²) in [7, 11) is 3.13. The van der Waals surface area contributed by atoms with Crippen LogP contribution in [0.2, 0.25) is 0 Å². The molecule has 0 saturated carbocycles. The number of nitrogens with one attached hydrogen (secondary N) is 1. The number of ether oxygens (including phenoxy) is 2. The Morgan fingerprint density at radius 2 is 1.70 bits per heavy atom. The third-order valence-corrected chi connectivity index (χ3v) is 6.23. The van der Waals surface area contributed by atoms with Crippen LogP contribution in [0.3, 0.4) is 0 Å².